The molecule has 0 saturated heterocycles. The van der Waals surface area contributed by atoms with Crippen LogP contribution in [0.1, 0.15) is 52.7 Å². The molecule has 1 aromatic carbocycles. The van der Waals surface area contributed by atoms with Crippen LogP contribution in [-0.4, -0.2) is 23.5 Å². The van der Waals surface area contributed by atoms with E-state index in [1.807, 2.05) is 20.8 Å². The average Bonchev–Trinajstić information content (AvgIpc) is 2.34. The molecule has 0 spiro atoms. The number of benzene rings is 1. The van der Waals surface area contributed by atoms with E-state index >= 15 is 0 Å². The second-order valence-corrected chi connectivity index (χ2v) is 10.4. The van der Waals surface area contributed by atoms with E-state index in [0.29, 0.717) is 11.1 Å². The summed E-state index contributed by atoms with van der Waals surface area (Å²) in [6, 6.07) is 4.66. The maximum Gasteiger partial charge on any atom is 0.442 e. The standard InChI is InChI=1S/C16H22F4O3S2/c1-13(2,3)10-7-8-11(14(4,5)6)12(9-10)24-15(17,18)16(19,20)25(21,22)23/h7-9H,1-6H3,(H,21,22,23). The molecule has 0 fully saturated rings. The highest BCUT2D eigenvalue weighted by Gasteiger charge is 2.66. The van der Waals surface area contributed by atoms with Gasteiger partial charge in [0.05, 0.1) is 0 Å². The van der Waals surface area contributed by atoms with Crippen molar-refractivity contribution in [2.24, 2.45) is 0 Å². The molecule has 0 amide bonds. The average molecular weight is 402 g/mol. The zero-order chi connectivity index (χ0) is 20.1. The van der Waals surface area contributed by atoms with Crippen molar-refractivity contribution in [1.29, 1.82) is 0 Å². The maximum atomic E-state index is 14.1. The first kappa shape index (κ1) is 22.2. The van der Waals surface area contributed by atoms with Gasteiger partial charge in [-0.05, 0) is 39.8 Å². The number of thioether (sulfide) groups is 1. The molecule has 25 heavy (non-hydrogen) atoms. The van der Waals surface area contributed by atoms with Crippen LogP contribution in [-0.2, 0) is 20.9 Å². The Hall–Kier alpha value is -0.800. The number of rotatable bonds is 4. The van der Waals surface area contributed by atoms with Gasteiger partial charge in [-0.1, -0.05) is 53.7 Å². The predicted octanol–water partition coefficient (Wildman–Crippen LogP) is 5.45. The summed E-state index contributed by atoms with van der Waals surface area (Å²) in [7, 11) is -6.27. The molecular formula is C16H22F4O3S2. The number of alkyl halides is 4. The highest BCUT2D eigenvalue weighted by atomic mass is 32.2. The van der Waals surface area contributed by atoms with Crippen molar-refractivity contribution >= 4 is 21.9 Å². The summed E-state index contributed by atoms with van der Waals surface area (Å²) in [6.07, 6.45) is 0. The van der Waals surface area contributed by atoms with Crippen molar-refractivity contribution < 1.29 is 30.5 Å². The molecule has 0 atom stereocenters. The minimum absolute atomic E-state index is 0.159. The summed E-state index contributed by atoms with van der Waals surface area (Å²) in [5, 5.41) is -10.7. The molecule has 0 aromatic heterocycles. The van der Waals surface area contributed by atoms with Gasteiger partial charge < -0.3 is 0 Å². The van der Waals surface area contributed by atoms with Crippen molar-refractivity contribution in [2.45, 2.75) is 67.8 Å². The van der Waals surface area contributed by atoms with E-state index in [2.05, 4.69) is 0 Å². The van der Waals surface area contributed by atoms with Crippen LogP contribution < -0.4 is 0 Å². The van der Waals surface area contributed by atoms with Gasteiger partial charge in [-0.3, -0.25) is 4.55 Å². The van der Waals surface area contributed by atoms with Crippen molar-refractivity contribution in [2.75, 3.05) is 0 Å². The van der Waals surface area contributed by atoms with Crippen LogP contribution in [0.15, 0.2) is 23.1 Å². The van der Waals surface area contributed by atoms with Gasteiger partial charge in [0.1, 0.15) is 0 Å². The first-order chi connectivity index (χ1) is 10.8. The van der Waals surface area contributed by atoms with E-state index in [0.717, 1.165) is 0 Å². The quantitative estimate of drug-likeness (QED) is 0.414. The Kier molecular flexibility index (Phi) is 5.71. The predicted molar refractivity (Wildman–Crippen MR) is 91.1 cm³/mol. The lowest BCUT2D eigenvalue weighted by molar-refractivity contribution is -0.0946. The van der Waals surface area contributed by atoms with Crippen LogP contribution in [0.5, 0.6) is 0 Å². The van der Waals surface area contributed by atoms with E-state index in [9.17, 15) is 26.0 Å². The molecule has 0 unspecified atom stereocenters. The molecule has 0 bridgehead atoms. The second-order valence-electron chi connectivity index (χ2n) is 7.82. The van der Waals surface area contributed by atoms with E-state index in [4.69, 9.17) is 4.55 Å². The van der Waals surface area contributed by atoms with E-state index < -0.39 is 43.2 Å². The Labute approximate surface area is 149 Å². The lowest BCUT2D eigenvalue weighted by Crippen LogP contribution is -2.44. The molecule has 3 nitrogen and oxygen atoms in total. The first-order valence-electron chi connectivity index (χ1n) is 7.37. The molecule has 0 saturated carbocycles. The smallest absolute Gasteiger partial charge is 0.281 e. The van der Waals surface area contributed by atoms with Crippen LogP contribution in [0, 0.1) is 0 Å². The Morgan fingerprint density at radius 2 is 1.40 bits per heavy atom. The minimum Gasteiger partial charge on any atom is -0.281 e. The lowest BCUT2D eigenvalue weighted by Gasteiger charge is -2.29. The summed E-state index contributed by atoms with van der Waals surface area (Å²) in [5.41, 5.74) is -0.0558. The third kappa shape index (κ3) is 4.68. The highest BCUT2D eigenvalue weighted by Crippen LogP contribution is 2.51. The maximum absolute atomic E-state index is 14.1. The van der Waals surface area contributed by atoms with Crippen molar-refractivity contribution in [3.05, 3.63) is 29.3 Å². The van der Waals surface area contributed by atoms with Gasteiger partial charge in [0.2, 0.25) is 0 Å². The molecule has 0 radical (unpaired) electrons. The van der Waals surface area contributed by atoms with Gasteiger partial charge >= 0.3 is 20.6 Å². The van der Waals surface area contributed by atoms with Gasteiger partial charge in [0.25, 0.3) is 0 Å². The third-order valence-electron chi connectivity index (χ3n) is 3.56. The summed E-state index contributed by atoms with van der Waals surface area (Å²) >= 11 is -0.559. The Morgan fingerprint density at radius 1 is 0.920 bits per heavy atom. The Bertz CT molecular complexity index is 746. The van der Waals surface area contributed by atoms with Crippen molar-refractivity contribution in [3.63, 3.8) is 0 Å². The molecule has 0 aliphatic carbocycles. The SMILES string of the molecule is CC(C)(C)c1ccc(C(C)(C)C)c(SC(F)(F)C(F)(F)S(=O)(=O)O)c1. The van der Waals surface area contributed by atoms with Gasteiger partial charge in [-0.25, -0.2) is 0 Å². The van der Waals surface area contributed by atoms with Crippen LogP contribution >= 0.6 is 11.8 Å². The normalized spacial score (nSPS) is 14.7. The zero-order valence-corrected chi connectivity index (χ0v) is 16.5. The van der Waals surface area contributed by atoms with Gasteiger partial charge in [-0.15, -0.1) is 0 Å². The molecule has 0 heterocycles. The van der Waals surface area contributed by atoms with Crippen LogP contribution in [0.25, 0.3) is 0 Å². The number of hydrogen-bond donors (Lipinski definition) is 1. The molecule has 0 aliphatic rings. The fraction of sp³-hybridized carbons (Fsp3) is 0.625. The molecule has 0 aliphatic heterocycles. The van der Waals surface area contributed by atoms with Gasteiger partial charge in [0.15, 0.2) is 0 Å². The Morgan fingerprint density at radius 3 is 1.76 bits per heavy atom. The van der Waals surface area contributed by atoms with Crippen LogP contribution in [0.2, 0.25) is 0 Å². The van der Waals surface area contributed by atoms with Gasteiger partial charge in [-0.2, -0.15) is 26.0 Å². The minimum atomic E-state index is -6.27. The molecule has 1 rings (SSSR count). The highest BCUT2D eigenvalue weighted by molar-refractivity contribution is 8.01. The van der Waals surface area contributed by atoms with Gasteiger partial charge in [0, 0.05) is 4.90 Å². The van der Waals surface area contributed by atoms with E-state index in [1.54, 1.807) is 32.9 Å². The second kappa shape index (κ2) is 6.42. The summed E-state index contributed by atoms with van der Waals surface area (Å²) in [4.78, 5) is -0.159. The third-order valence-corrected chi connectivity index (χ3v) is 5.66. The topological polar surface area (TPSA) is 54.4 Å². The number of hydrogen-bond acceptors (Lipinski definition) is 3. The van der Waals surface area contributed by atoms with E-state index in [1.165, 1.54) is 6.07 Å². The van der Waals surface area contributed by atoms with E-state index in [-0.39, 0.29) is 4.90 Å². The monoisotopic (exact) mass is 402 g/mol. The van der Waals surface area contributed by atoms with Crippen LogP contribution in [0.3, 0.4) is 0 Å². The summed E-state index contributed by atoms with van der Waals surface area (Å²) in [6.45, 7) is 10.7. The molecule has 9 heteroatoms. The molecule has 1 aromatic rings. The van der Waals surface area contributed by atoms with Crippen molar-refractivity contribution in [3.8, 4) is 0 Å². The Balaban J connectivity index is 3.54. The number of halogens is 4. The molecule has 1 N–H and O–H groups in total. The largest absolute Gasteiger partial charge is 0.442 e. The summed E-state index contributed by atoms with van der Waals surface area (Å²) < 4.78 is 85.1. The first-order valence-corrected chi connectivity index (χ1v) is 9.63. The fourth-order valence-corrected chi connectivity index (χ4v) is 3.85. The lowest BCUT2D eigenvalue weighted by atomic mass is 9.82. The molecular weight excluding hydrogens is 380 g/mol. The van der Waals surface area contributed by atoms with Crippen LogP contribution in [0.4, 0.5) is 17.6 Å². The molecule has 144 valence electrons. The van der Waals surface area contributed by atoms with Crippen molar-refractivity contribution in [1.82, 2.24) is 0 Å². The zero-order valence-electron chi connectivity index (χ0n) is 14.8. The fourth-order valence-electron chi connectivity index (χ4n) is 2.04. The summed E-state index contributed by atoms with van der Waals surface area (Å²) in [5.74, 6) is 0.